The van der Waals surface area contributed by atoms with E-state index < -0.39 is 0 Å². The minimum absolute atomic E-state index is 0.0703. The van der Waals surface area contributed by atoms with Gasteiger partial charge in [0.2, 0.25) is 11.8 Å². The van der Waals surface area contributed by atoms with Crippen molar-refractivity contribution >= 4 is 38.5 Å². The summed E-state index contributed by atoms with van der Waals surface area (Å²) < 4.78 is 1.05. The largest absolute Gasteiger partial charge is 0.355 e. The number of aromatic nitrogens is 1. The molecule has 0 unspecified atom stereocenters. The number of hydrogen-bond acceptors (Lipinski definition) is 4. The van der Waals surface area contributed by atoms with Crippen molar-refractivity contribution < 1.29 is 9.59 Å². The summed E-state index contributed by atoms with van der Waals surface area (Å²) in [7, 11) is 1.71. The Kier molecular flexibility index (Phi) is 5.40. The zero-order valence-electron chi connectivity index (χ0n) is 13.9. The summed E-state index contributed by atoms with van der Waals surface area (Å²) in [6.07, 6.45) is 0.565. The number of para-hydroxylation sites is 1. The molecule has 0 aliphatic heterocycles. The van der Waals surface area contributed by atoms with E-state index in [2.05, 4.69) is 10.3 Å². The normalized spacial score (nSPS) is 10.6. The molecule has 0 saturated heterocycles. The van der Waals surface area contributed by atoms with Crippen LogP contribution >= 0.6 is 11.3 Å². The molecule has 3 rings (SSSR count). The highest BCUT2D eigenvalue weighted by Gasteiger charge is 2.15. The average Bonchev–Trinajstić information content (AvgIpc) is 3.06. The van der Waals surface area contributed by atoms with Gasteiger partial charge in [0.25, 0.3) is 0 Å². The first-order chi connectivity index (χ1) is 12.1. The van der Waals surface area contributed by atoms with Gasteiger partial charge in [-0.25, -0.2) is 4.98 Å². The maximum atomic E-state index is 12.3. The summed E-state index contributed by atoms with van der Waals surface area (Å²) in [4.78, 5) is 30.2. The molecule has 0 fully saturated rings. The number of nitrogens with one attached hydrogen (secondary N) is 1. The Balaban J connectivity index is 1.49. The van der Waals surface area contributed by atoms with E-state index in [9.17, 15) is 9.59 Å². The molecule has 128 valence electrons. The van der Waals surface area contributed by atoms with Gasteiger partial charge >= 0.3 is 0 Å². The van der Waals surface area contributed by atoms with Crippen molar-refractivity contribution in [1.82, 2.24) is 10.3 Å². The molecule has 2 aromatic carbocycles. The topological polar surface area (TPSA) is 62.3 Å². The Hall–Kier alpha value is -2.73. The van der Waals surface area contributed by atoms with Gasteiger partial charge in [0.1, 0.15) is 0 Å². The first kappa shape index (κ1) is 17.1. The lowest BCUT2D eigenvalue weighted by molar-refractivity contribution is -0.121. The van der Waals surface area contributed by atoms with Crippen LogP contribution in [0, 0.1) is 0 Å². The summed E-state index contributed by atoms with van der Waals surface area (Å²) in [5.74, 6) is -0.152. The van der Waals surface area contributed by atoms with Gasteiger partial charge in [-0.3, -0.25) is 14.5 Å². The van der Waals surface area contributed by atoms with Crippen LogP contribution in [-0.2, 0) is 16.0 Å². The number of amides is 2. The van der Waals surface area contributed by atoms with Gasteiger partial charge in [-0.2, -0.15) is 0 Å². The monoisotopic (exact) mass is 353 g/mol. The van der Waals surface area contributed by atoms with Crippen LogP contribution in [0.2, 0.25) is 0 Å². The Morgan fingerprint density at radius 3 is 2.56 bits per heavy atom. The van der Waals surface area contributed by atoms with Gasteiger partial charge in [-0.05, 0) is 17.7 Å². The van der Waals surface area contributed by atoms with Crippen molar-refractivity contribution in [1.29, 1.82) is 0 Å². The van der Waals surface area contributed by atoms with Gasteiger partial charge < -0.3 is 5.32 Å². The fraction of sp³-hybridized carbons (Fsp3) is 0.211. The number of hydrogen-bond donors (Lipinski definition) is 1. The van der Waals surface area contributed by atoms with Crippen molar-refractivity contribution in [2.24, 2.45) is 0 Å². The van der Waals surface area contributed by atoms with E-state index in [4.69, 9.17) is 0 Å². The van der Waals surface area contributed by atoms with Gasteiger partial charge in [0.05, 0.1) is 16.6 Å². The fourth-order valence-corrected chi connectivity index (χ4v) is 3.37. The number of carbonyl (C=O) groups excluding carboxylic acids is 2. The maximum absolute atomic E-state index is 12.3. The van der Waals surface area contributed by atoms with E-state index in [0.29, 0.717) is 18.1 Å². The Morgan fingerprint density at radius 1 is 1.08 bits per heavy atom. The summed E-state index contributed by atoms with van der Waals surface area (Å²) in [6, 6.07) is 17.3. The van der Waals surface area contributed by atoms with E-state index in [1.807, 2.05) is 54.6 Å². The molecule has 6 heteroatoms. The first-order valence-electron chi connectivity index (χ1n) is 8.06. The number of thiazole rings is 1. The van der Waals surface area contributed by atoms with E-state index in [-0.39, 0.29) is 18.2 Å². The third kappa shape index (κ3) is 4.42. The Bertz CT molecular complexity index is 844. The molecule has 2 amide bonds. The van der Waals surface area contributed by atoms with Gasteiger partial charge in [-0.15, -0.1) is 0 Å². The van der Waals surface area contributed by atoms with Crippen molar-refractivity contribution in [3.8, 4) is 0 Å². The SMILES string of the molecule is CN(C(=O)CCNC(=O)Cc1ccccc1)c1nc2ccccc2s1. The van der Waals surface area contributed by atoms with Crippen LogP contribution in [0.25, 0.3) is 10.2 Å². The standard InChI is InChI=1S/C19H19N3O2S/c1-22(19-21-15-9-5-6-10-16(15)25-19)18(24)11-12-20-17(23)13-14-7-3-2-4-8-14/h2-10H,11-13H2,1H3,(H,20,23). The molecule has 0 bridgehead atoms. The van der Waals surface area contributed by atoms with Gasteiger partial charge in [-0.1, -0.05) is 53.8 Å². The summed E-state index contributed by atoms with van der Waals surface area (Å²) in [6.45, 7) is 0.319. The van der Waals surface area contributed by atoms with Crippen LogP contribution in [0.4, 0.5) is 5.13 Å². The van der Waals surface area contributed by atoms with E-state index in [0.717, 1.165) is 15.8 Å². The van der Waals surface area contributed by atoms with Crippen molar-refractivity contribution in [3.63, 3.8) is 0 Å². The van der Waals surface area contributed by atoms with Crippen LogP contribution in [0.3, 0.4) is 0 Å². The van der Waals surface area contributed by atoms with Crippen molar-refractivity contribution in [3.05, 3.63) is 60.2 Å². The third-order valence-corrected chi connectivity index (χ3v) is 4.93. The highest BCUT2D eigenvalue weighted by Crippen LogP contribution is 2.27. The number of nitrogens with zero attached hydrogens (tertiary/aromatic N) is 2. The molecule has 5 nitrogen and oxygen atoms in total. The van der Waals surface area contributed by atoms with Crippen molar-refractivity contribution in [2.75, 3.05) is 18.5 Å². The van der Waals surface area contributed by atoms with E-state index in [1.165, 1.54) is 11.3 Å². The molecule has 1 N–H and O–H groups in total. The molecule has 1 heterocycles. The minimum Gasteiger partial charge on any atom is -0.355 e. The molecular formula is C19H19N3O2S. The molecular weight excluding hydrogens is 334 g/mol. The molecule has 0 atom stereocenters. The summed E-state index contributed by atoms with van der Waals surface area (Å²) in [5, 5.41) is 3.46. The molecule has 0 saturated carbocycles. The number of fused-ring (bicyclic) bond motifs is 1. The lowest BCUT2D eigenvalue weighted by Crippen LogP contribution is -2.32. The van der Waals surface area contributed by atoms with Crippen LogP contribution < -0.4 is 10.2 Å². The van der Waals surface area contributed by atoms with E-state index >= 15 is 0 Å². The second-order valence-electron chi connectivity index (χ2n) is 5.68. The number of carbonyl (C=O) groups is 2. The zero-order valence-corrected chi connectivity index (χ0v) is 14.8. The lowest BCUT2D eigenvalue weighted by atomic mass is 10.1. The van der Waals surface area contributed by atoms with Crippen LogP contribution in [-0.4, -0.2) is 30.4 Å². The Morgan fingerprint density at radius 2 is 1.80 bits per heavy atom. The smallest absolute Gasteiger partial charge is 0.230 e. The molecule has 3 aromatic rings. The van der Waals surface area contributed by atoms with Crippen LogP contribution in [0.15, 0.2) is 54.6 Å². The summed E-state index contributed by atoms with van der Waals surface area (Å²) in [5.41, 5.74) is 1.84. The highest BCUT2D eigenvalue weighted by molar-refractivity contribution is 7.22. The van der Waals surface area contributed by atoms with E-state index in [1.54, 1.807) is 11.9 Å². The molecule has 0 radical (unpaired) electrons. The highest BCUT2D eigenvalue weighted by atomic mass is 32.1. The van der Waals surface area contributed by atoms with Gasteiger partial charge in [0, 0.05) is 20.0 Å². The number of benzene rings is 2. The molecule has 25 heavy (non-hydrogen) atoms. The lowest BCUT2D eigenvalue weighted by Gasteiger charge is -2.13. The van der Waals surface area contributed by atoms with Gasteiger partial charge in [0.15, 0.2) is 5.13 Å². The molecule has 1 aromatic heterocycles. The molecule has 0 aliphatic carbocycles. The minimum atomic E-state index is -0.0818. The quantitative estimate of drug-likeness (QED) is 0.741. The fourth-order valence-electron chi connectivity index (χ4n) is 2.43. The second kappa shape index (κ2) is 7.90. The predicted molar refractivity (Wildman–Crippen MR) is 101 cm³/mol. The summed E-state index contributed by atoms with van der Waals surface area (Å²) >= 11 is 1.48. The Labute approximate surface area is 150 Å². The number of rotatable bonds is 6. The van der Waals surface area contributed by atoms with Crippen molar-refractivity contribution in [2.45, 2.75) is 12.8 Å². The maximum Gasteiger partial charge on any atom is 0.230 e. The first-order valence-corrected chi connectivity index (χ1v) is 8.88. The predicted octanol–water partition coefficient (Wildman–Crippen LogP) is 3.01. The van der Waals surface area contributed by atoms with Crippen LogP contribution in [0.5, 0.6) is 0 Å². The average molecular weight is 353 g/mol. The van der Waals surface area contributed by atoms with Crippen LogP contribution in [0.1, 0.15) is 12.0 Å². The second-order valence-corrected chi connectivity index (χ2v) is 6.69. The number of anilines is 1. The zero-order chi connectivity index (χ0) is 17.6. The molecule has 0 aliphatic rings. The third-order valence-electron chi connectivity index (χ3n) is 3.81. The molecule has 0 spiro atoms.